The first-order valence-corrected chi connectivity index (χ1v) is 10.7. The van der Waals surface area contributed by atoms with Crippen LogP contribution in [0.1, 0.15) is 6.92 Å². The van der Waals surface area contributed by atoms with Crippen molar-refractivity contribution in [1.82, 2.24) is 9.78 Å². The van der Waals surface area contributed by atoms with Gasteiger partial charge < -0.3 is 14.2 Å². The van der Waals surface area contributed by atoms with Crippen molar-refractivity contribution >= 4 is 15.7 Å². The van der Waals surface area contributed by atoms with Crippen LogP contribution in [0.4, 0.5) is 5.69 Å². The number of fused-ring (bicyclic) bond motifs is 1. The molecule has 0 aliphatic carbocycles. The van der Waals surface area contributed by atoms with Crippen LogP contribution in [0.5, 0.6) is 17.2 Å². The quantitative estimate of drug-likeness (QED) is 0.638. The SMILES string of the molecule is CCOc1ccccc1S(=O)(=O)Nc1cnn(CC2COc3ccccc3O2)c1. The molecule has 2 heterocycles. The second-order valence-electron chi connectivity index (χ2n) is 6.43. The van der Waals surface area contributed by atoms with E-state index < -0.39 is 10.0 Å². The van der Waals surface area contributed by atoms with Crippen molar-refractivity contribution in [2.45, 2.75) is 24.5 Å². The maximum absolute atomic E-state index is 12.8. The van der Waals surface area contributed by atoms with Crippen LogP contribution < -0.4 is 18.9 Å². The van der Waals surface area contributed by atoms with Gasteiger partial charge in [0, 0.05) is 6.20 Å². The predicted octanol–water partition coefficient (Wildman–Crippen LogP) is 2.92. The number of sulfonamides is 1. The van der Waals surface area contributed by atoms with Gasteiger partial charge in [-0.2, -0.15) is 5.10 Å². The summed E-state index contributed by atoms with van der Waals surface area (Å²) >= 11 is 0. The van der Waals surface area contributed by atoms with Gasteiger partial charge in [-0.15, -0.1) is 0 Å². The molecule has 0 spiro atoms. The highest BCUT2D eigenvalue weighted by molar-refractivity contribution is 7.92. The van der Waals surface area contributed by atoms with Crippen molar-refractivity contribution in [1.29, 1.82) is 0 Å². The molecule has 0 saturated carbocycles. The Kier molecular flexibility index (Phi) is 5.30. The normalized spacial score (nSPS) is 15.7. The summed E-state index contributed by atoms with van der Waals surface area (Å²) in [6.07, 6.45) is 2.84. The average molecular weight is 415 g/mol. The van der Waals surface area contributed by atoms with Crippen LogP contribution >= 0.6 is 0 Å². The van der Waals surface area contributed by atoms with Gasteiger partial charge >= 0.3 is 0 Å². The summed E-state index contributed by atoms with van der Waals surface area (Å²) in [7, 11) is -3.81. The number of nitrogens with zero attached hydrogens (tertiary/aromatic N) is 2. The Balaban J connectivity index is 1.45. The van der Waals surface area contributed by atoms with Crippen molar-refractivity contribution < 1.29 is 22.6 Å². The van der Waals surface area contributed by atoms with Gasteiger partial charge in [0.15, 0.2) is 17.6 Å². The zero-order chi connectivity index (χ0) is 20.3. The number of aromatic nitrogens is 2. The van der Waals surface area contributed by atoms with E-state index in [2.05, 4.69) is 9.82 Å². The fourth-order valence-electron chi connectivity index (χ4n) is 3.03. The number of anilines is 1. The molecule has 2 aromatic carbocycles. The van der Waals surface area contributed by atoms with Crippen LogP contribution in [-0.2, 0) is 16.6 Å². The molecule has 0 saturated heterocycles. The Labute approximate surface area is 169 Å². The number of para-hydroxylation sites is 3. The smallest absolute Gasteiger partial charge is 0.265 e. The molecule has 0 radical (unpaired) electrons. The highest BCUT2D eigenvalue weighted by Crippen LogP contribution is 2.31. The summed E-state index contributed by atoms with van der Waals surface area (Å²) in [6.45, 7) is 2.98. The van der Waals surface area contributed by atoms with Crippen molar-refractivity contribution in [3.63, 3.8) is 0 Å². The maximum atomic E-state index is 12.8. The second-order valence-corrected chi connectivity index (χ2v) is 8.08. The summed E-state index contributed by atoms with van der Waals surface area (Å²) < 4.78 is 46.7. The number of hydrogen-bond acceptors (Lipinski definition) is 6. The van der Waals surface area contributed by atoms with Gasteiger partial charge in [0.1, 0.15) is 17.3 Å². The van der Waals surface area contributed by atoms with E-state index in [1.807, 2.05) is 24.3 Å². The topological polar surface area (TPSA) is 91.7 Å². The molecule has 0 amide bonds. The minimum absolute atomic E-state index is 0.0789. The molecule has 1 aromatic heterocycles. The predicted molar refractivity (Wildman–Crippen MR) is 107 cm³/mol. The number of benzene rings is 2. The molecule has 4 rings (SSSR count). The van der Waals surface area contributed by atoms with Gasteiger partial charge in [0.25, 0.3) is 10.0 Å². The molecule has 3 aromatic rings. The van der Waals surface area contributed by atoms with E-state index in [0.29, 0.717) is 42.7 Å². The molecule has 1 unspecified atom stereocenters. The molecule has 0 fully saturated rings. The Morgan fingerprint density at radius 3 is 2.76 bits per heavy atom. The van der Waals surface area contributed by atoms with Crippen molar-refractivity contribution in [3.8, 4) is 17.2 Å². The molecule has 1 aliphatic rings. The summed E-state index contributed by atoms with van der Waals surface area (Å²) in [5.41, 5.74) is 0.355. The van der Waals surface area contributed by atoms with Crippen molar-refractivity contribution in [2.24, 2.45) is 0 Å². The van der Waals surface area contributed by atoms with Gasteiger partial charge in [-0.3, -0.25) is 9.40 Å². The Bertz CT molecular complexity index is 1100. The standard InChI is InChI=1S/C20H21N3O5S/c1-2-26-19-9-5-6-10-20(19)29(24,25)22-15-11-21-23(12-15)13-16-14-27-17-7-3-4-8-18(17)28-16/h3-12,16,22H,2,13-14H2,1H3. The summed E-state index contributed by atoms with van der Waals surface area (Å²) in [5, 5.41) is 4.23. The Morgan fingerprint density at radius 2 is 1.93 bits per heavy atom. The molecule has 9 heteroatoms. The van der Waals surface area contributed by atoms with E-state index in [1.165, 1.54) is 12.3 Å². The first-order valence-electron chi connectivity index (χ1n) is 9.21. The average Bonchev–Trinajstić information content (AvgIpc) is 3.14. The lowest BCUT2D eigenvalue weighted by molar-refractivity contribution is 0.0759. The van der Waals surface area contributed by atoms with Crippen LogP contribution in [0.2, 0.25) is 0 Å². The van der Waals surface area contributed by atoms with Gasteiger partial charge in [0.2, 0.25) is 0 Å². The molecule has 0 bridgehead atoms. The molecule has 1 aliphatic heterocycles. The Hall–Kier alpha value is -3.20. The Morgan fingerprint density at radius 1 is 1.17 bits per heavy atom. The highest BCUT2D eigenvalue weighted by Gasteiger charge is 2.23. The van der Waals surface area contributed by atoms with Crippen LogP contribution in [0, 0.1) is 0 Å². The zero-order valence-electron chi connectivity index (χ0n) is 15.8. The van der Waals surface area contributed by atoms with E-state index in [1.54, 1.807) is 36.0 Å². The first-order chi connectivity index (χ1) is 14.0. The monoisotopic (exact) mass is 415 g/mol. The van der Waals surface area contributed by atoms with Gasteiger partial charge in [-0.05, 0) is 31.2 Å². The van der Waals surface area contributed by atoms with Crippen LogP contribution in [0.3, 0.4) is 0 Å². The van der Waals surface area contributed by atoms with E-state index in [9.17, 15) is 8.42 Å². The van der Waals surface area contributed by atoms with Gasteiger partial charge in [-0.1, -0.05) is 24.3 Å². The third kappa shape index (κ3) is 4.29. The van der Waals surface area contributed by atoms with Crippen LogP contribution in [-0.4, -0.2) is 37.5 Å². The largest absolute Gasteiger partial charge is 0.492 e. The second kappa shape index (κ2) is 8.04. The fourth-order valence-corrected chi connectivity index (χ4v) is 4.21. The molecule has 8 nitrogen and oxygen atoms in total. The lowest BCUT2D eigenvalue weighted by Crippen LogP contribution is -2.33. The number of rotatable bonds is 7. The number of nitrogens with one attached hydrogen (secondary N) is 1. The maximum Gasteiger partial charge on any atom is 0.265 e. The van der Waals surface area contributed by atoms with Gasteiger partial charge in [-0.25, -0.2) is 8.42 Å². The molecular formula is C20H21N3O5S. The van der Waals surface area contributed by atoms with Crippen LogP contribution in [0.25, 0.3) is 0 Å². The third-order valence-corrected chi connectivity index (χ3v) is 5.70. The molecule has 29 heavy (non-hydrogen) atoms. The summed E-state index contributed by atoms with van der Waals surface area (Å²) in [5.74, 6) is 1.70. The minimum atomic E-state index is -3.81. The van der Waals surface area contributed by atoms with E-state index >= 15 is 0 Å². The number of ether oxygens (including phenoxy) is 3. The molecular weight excluding hydrogens is 394 g/mol. The summed E-state index contributed by atoms with van der Waals surface area (Å²) in [4.78, 5) is 0.0789. The molecule has 1 N–H and O–H groups in total. The lowest BCUT2D eigenvalue weighted by atomic mass is 10.2. The third-order valence-electron chi connectivity index (χ3n) is 4.28. The van der Waals surface area contributed by atoms with Gasteiger partial charge in [0.05, 0.1) is 25.0 Å². The summed E-state index contributed by atoms with van der Waals surface area (Å²) in [6, 6.07) is 14.0. The lowest BCUT2D eigenvalue weighted by Gasteiger charge is -2.26. The highest BCUT2D eigenvalue weighted by atomic mass is 32.2. The van der Waals surface area contributed by atoms with Crippen molar-refractivity contribution in [2.75, 3.05) is 17.9 Å². The van der Waals surface area contributed by atoms with Crippen LogP contribution in [0.15, 0.2) is 65.8 Å². The first kappa shape index (κ1) is 19.1. The minimum Gasteiger partial charge on any atom is -0.492 e. The molecule has 152 valence electrons. The van der Waals surface area contributed by atoms with E-state index in [4.69, 9.17) is 14.2 Å². The van der Waals surface area contributed by atoms with Crippen molar-refractivity contribution in [3.05, 3.63) is 60.9 Å². The fraction of sp³-hybridized carbons (Fsp3) is 0.250. The van der Waals surface area contributed by atoms with E-state index in [-0.39, 0.29) is 11.0 Å². The number of hydrogen-bond donors (Lipinski definition) is 1. The molecule has 1 atom stereocenters. The zero-order valence-corrected chi connectivity index (χ0v) is 16.6. The van der Waals surface area contributed by atoms with E-state index in [0.717, 1.165) is 0 Å².